The molecule has 0 atom stereocenters. The number of unbranched alkanes of at least 4 members (excludes halogenated alkanes) is 1. The molecule has 0 bridgehead atoms. The van der Waals surface area contributed by atoms with Crippen LogP contribution in [0.3, 0.4) is 0 Å². The van der Waals surface area contributed by atoms with Gasteiger partial charge in [-0.3, -0.25) is 14.3 Å². The van der Waals surface area contributed by atoms with Crippen molar-refractivity contribution in [1.29, 1.82) is 0 Å². The van der Waals surface area contributed by atoms with Crippen molar-refractivity contribution in [2.45, 2.75) is 72.4 Å². The lowest BCUT2D eigenvalue weighted by molar-refractivity contribution is -0.133. The first-order valence-corrected chi connectivity index (χ1v) is 16.6. The molecule has 46 heavy (non-hydrogen) atoms. The fourth-order valence-corrected chi connectivity index (χ4v) is 5.80. The van der Waals surface area contributed by atoms with Gasteiger partial charge in [0.2, 0.25) is 5.91 Å². The number of H-pyrrole nitrogens is 1. The summed E-state index contributed by atoms with van der Waals surface area (Å²) >= 11 is 0. The Morgan fingerprint density at radius 3 is 2.46 bits per heavy atom. The molecule has 254 valence electrons. The molecule has 0 saturated carbocycles. The largest absolute Gasteiger partial charge is 0.463 e. The number of nitrogen functional groups attached to an aromatic ring is 1. The number of nitrogens with zero attached hydrogens (tertiary/aromatic N) is 5. The van der Waals surface area contributed by atoms with Crippen molar-refractivity contribution >= 4 is 22.9 Å². The lowest BCUT2D eigenvalue weighted by atomic mass is 9.93. The average molecular weight is 641 g/mol. The van der Waals surface area contributed by atoms with Crippen LogP contribution in [-0.4, -0.2) is 87.8 Å². The smallest absolute Gasteiger partial charge is 0.328 e. The molecule has 0 aliphatic carbocycles. The Morgan fingerprint density at radius 1 is 1.07 bits per heavy atom. The van der Waals surface area contributed by atoms with Gasteiger partial charge < -0.3 is 29.9 Å². The maximum Gasteiger partial charge on any atom is 0.328 e. The predicted molar refractivity (Wildman–Crippen MR) is 178 cm³/mol. The second kappa shape index (κ2) is 18.0. The summed E-state index contributed by atoms with van der Waals surface area (Å²) in [6.07, 6.45) is 5.54. The second-order valence-corrected chi connectivity index (χ2v) is 12.6. The van der Waals surface area contributed by atoms with Crippen molar-refractivity contribution in [2.75, 3.05) is 58.3 Å². The monoisotopic (exact) mass is 640 g/mol. The molecule has 1 aliphatic rings. The Bertz CT molecular complexity index is 1420. The second-order valence-electron chi connectivity index (χ2n) is 12.6. The number of rotatable bonds is 19. The lowest BCUT2D eigenvalue weighted by Crippen LogP contribution is -2.38. The summed E-state index contributed by atoms with van der Waals surface area (Å²) in [5.41, 5.74) is 8.91. The first kappa shape index (κ1) is 35.3. The number of imidazole rings is 1. The summed E-state index contributed by atoms with van der Waals surface area (Å²) < 4.78 is 12.7. The number of hydrogen-bond acceptors (Lipinski definition) is 10. The highest BCUT2D eigenvalue weighted by atomic mass is 16.6. The lowest BCUT2D eigenvalue weighted by Gasteiger charge is -2.33. The number of nitrogens with one attached hydrogen (secondary N) is 1. The third kappa shape index (κ3) is 10.5. The van der Waals surface area contributed by atoms with E-state index < -0.39 is 0 Å². The van der Waals surface area contributed by atoms with Crippen LogP contribution < -0.4 is 22.1 Å². The number of ether oxygens (including phenoxy) is 2. The molecular formula is C33H52N8O5. The van der Waals surface area contributed by atoms with Gasteiger partial charge in [-0.15, -0.1) is 0 Å². The minimum Gasteiger partial charge on any atom is -0.463 e. The van der Waals surface area contributed by atoms with E-state index in [1.54, 1.807) is 4.57 Å². The number of carbonyl (C=O) groups excluding carboxylic acids is 1. The van der Waals surface area contributed by atoms with Gasteiger partial charge in [-0.05, 0) is 61.7 Å². The number of likely N-dealkylation sites (tertiary alicyclic amines) is 1. The van der Waals surface area contributed by atoms with Gasteiger partial charge >= 0.3 is 11.7 Å². The van der Waals surface area contributed by atoms with E-state index in [1.807, 2.05) is 4.90 Å². The van der Waals surface area contributed by atoms with Crippen molar-refractivity contribution in [1.82, 2.24) is 29.3 Å². The van der Waals surface area contributed by atoms with Crippen molar-refractivity contribution < 1.29 is 19.1 Å². The zero-order valence-corrected chi connectivity index (χ0v) is 27.7. The Morgan fingerprint density at radius 2 is 1.78 bits per heavy atom. The molecule has 0 spiro atoms. The van der Waals surface area contributed by atoms with Crippen LogP contribution in [0.15, 0.2) is 29.1 Å². The standard InChI is InChI=1S/C33H52N8O5/c1-4-5-17-45-32-37-30(34)29-31(38-32)41(33(43)36-29)23-27-8-6-26(7-9-27)22-39-14-10-25(11-15-39)12-16-40(21-24(2)3)28(42)13-18-44-19-20-46-35/h6-9,24-25H,4-5,10-23,35H2,1-3H3,(H,36,43)(H2,34,37,38). The fraction of sp³-hybridized carbons (Fsp3) is 0.636. The molecule has 1 aliphatic heterocycles. The van der Waals surface area contributed by atoms with Crippen LogP contribution in [0.5, 0.6) is 6.01 Å². The first-order valence-electron chi connectivity index (χ1n) is 16.6. The first-order chi connectivity index (χ1) is 22.3. The molecule has 0 radical (unpaired) electrons. The number of fused-ring (bicyclic) bond motifs is 1. The highest BCUT2D eigenvalue weighted by molar-refractivity contribution is 5.82. The van der Waals surface area contributed by atoms with Gasteiger partial charge in [-0.2, -0.15) is 9.97 Å². The Balaban J connectivity index is 1.25. The zero-order valence-electron chi connectivity index (χ0n) is 27.7. The molecular weight excluding hydrogens is 588 g/mol. The van der Waals surface area contributed by atoms with Crippen molar-refractivity contribution in [2.24, 2.45) is 17.7 Å². The molecule has 13 heteroatoms. The van der Waals surface area contributed by atoms with Crippen LogP contribution in [-0.2, 0) is 27.5 Å². The third-order valence-electron chi connectivity index (χ3n) is 8.39. The van der Waals surface area contributed by atoms with Crippen molar-refractivity contribution in [3.05, 3.63) is 45.9 Å². The van der Waals surface area contributed by atoms with Gasteiger partial charge in [0.15, 0.2) is 11.5 Å². The number of aromatic amines is 1. The summed E-state index contributed by atoms with van der Waals surface area (Å²) in [5, 5.41) is 0. The van der Waals surface area contributed by atoms with E-state index in [-0.39, 0.29) is 23.4 Å². The summed E-state index contributed by atoms with van der Waals surface area (Å²) in [7, 11) is 0. The number of hydrogen-bond donors (Lipinski definition) is 3. The number of aromatic nitrogens is 4. The van der Waals surface area contributed by atoms with E-state index in [0.717, 1.165) is 70.4 Å². The zero-order chi connectivity index (χ0) is 32.9. The van der Waals surface area contributed by atoms with Gasteiger partial charge in [0.05, 0.1) is 39.4 Å². The molecule has 2 aromatic heterocycles. The van der Waals surface area contributed by atoms with Crippen LogP contribution in [0.2, 0.25) is 0 Å². The predicted octanol–water partition coefficient (Wildman–Crippen LogP) is 3.31. The SMILES string of the molecule is CCCCOc1nc(N)c2[nH]c(=O)n(Cc3ccc(CN4CCC(CCN(CC(C)C)C(=O)CCOCCON)CC4)cc3)c2n1. The summed E-state index contributed by atoms with van der Waals surface area (Å²) in [4.78, 5) is 46.1. The van der Waals surface area contributed by atoms with Crippen molar-refractivity contribution in [3.63, 3.8) is 0 Å². The highest BCUT2D eigenvalue weighted by Crippen LogP contribution is 2.23. The van der Waals surface area contributed by atoms with Gasteiger partial charge in [-0.1, -0.05) is 51.5 Å². The summed E-state index contributed by atoms with van der Waals surface area (Å²) in [5.74, 6) is 6.40. The average Bonchev–Trinajstić information content (AvgIpc) is 3.35. The van der Waals surface area contributed by atoms with E-state index in [9.17, 15) is 9.59 Å². The Labute approximate surface area is 271 Å². The maximum absolute atomic E-state index is 12.8. The van der Waals surface area contributed by atoms with Crippen LogP contribution in [0, 0.1) is 11.8 Å². The molecule has 1 amide bonds. The van der Waals surface area contributed by atoms with E-state index >= 15 is 0 Å². The van der Waals surface area contributed by atoms with E-state index in [0.29, 0.717) is 62.4 Å². The van der Waals surface area contributed by atoms with Crippen LogP contribution in [0.25, 0.3) is 11.2 Å². The number of nitrogens with two attached hydrogens (primary N) is 2. The molecule has 4 rings (SSSR count). The molecule has 1 aromatic carbocycles. The number of carbonyl (C=O) groups is 1. The number of anilines is 1. The van der Waals surface area contributed by atoms with Crippen LogP contribution in [0.4, 0.5) is 5.82 Å². The molecule has 5 N–H and O–H groups in total. The van der Waals surface area contributed by atoms with E-state index in [4.69, 9.17) is 21.1 Å². The molecule has 1 saturated heterocycles. The van der Waals surface area contributed by atoms with Crippen molar-refractivity contribution in [3.8, 4) is 6.01 Å². The third-order valence-corrected chi connectivity index (χ3v) is 8.39. The normalized spacial score (nSPS) is 14.4. The number of benzene rings is 1. The van der Waals surface area contributed by atoms with Gasteiger partial charge in [0, 0.05) is 19.6 Å². The maximum atomic E-state index is 12.8. The summed E-state index contributed by atoms with van der Waals surface area (Å²) in [6.45, 7) is 12.9. The molecule has 1 fully saturated rings. The summed E-state index contributed by atoms with van der Waals surface area (Å²) in [6, 6.07) is 8.57. The van der Waals surface area contributed by atoms with Crippen LogP contribution in [0.1, 0.15) is 70.4 Å². The number of amides is 1. The minimum absolute atomic E-state index is 0.149. The van der Waals surface area contributed by atoms with Gasteiger partial charge in [-0.25, -0.2) is 10.7 Å². The molecule has 0 unspecified atom stereocenters. The van der Waals surface area contributed by atoms with E-state index in [2.05, 4.69) is 69.7 Å². The molecule has 3 aromatic rings. The van der Waals surface area contributed by atoms with Gasteiger partial charge in [0.1, 0.15) is 5.52 Å². The fourth-order valence-electron chi connectivity index (χ4n) is 5.80. The van der Waals surface area contributed by atoms with Crippen LogP contribution >= 0.6 is 0 Å². The Hall–Kier alpha value is -3.52. The van der Waals surface area contributed by atoms with Gasteiger partial charge in [0.25, 0.3) is 0 Å². The quantitative estimate of drug-likeness (QED) is 0.131. The number of piperidine rings is 1. The molecule has 3 heterocycles. The minimum atomic E-state index is -0.284. The molecule has 13 nitrogen and oxygen atoms in total. The Kier molecular flexibility index (Phi) is 13.8. The topological polar surface area (TPSA) is 167 Å². The highest BCUT2D eigenvalue weighted by Gasteiger charge is 2.22. The van der Waals surface area contributed by atoms with E-state index in [1.165, 1.54) is 5.56 Å².